The second-order valence-electron chi connectivity index (χ2n) is 15.8. The minimum atomic E-state index is -4.35. The highest BCUT2D eigenvalue weighted by Gasteiger charge is 2.45. The van der Waals surface area contributed by atoms with Gasteiger partial charge in [0.25, 0.3) is 23.6 Å². The smallest absolute Gasteiger partial charge is 0.389 e. The maximum Gasteiger partial charge on any atom is 0.389 e. The molecule has 5 heterocycles. The molecule has 7 rings (SSSR count). The number of imide groups is 2. The number of amides is 7. The van der Waals surface area contributed by atoms with Gasteiger partial charge in [-0.05, 0) is 75.1 Å². The molecule has 2 aliphatic heterocycles. The Balaban J connectivity index is 0.785. The van der Waals surface area contributed by atoms with Crippen molar-refractivity contribution in [3.05, 3.63) is 82.8 Å². The van der Waals surface area contributed by atoms with E-state index in [1.807, 2.05) is 0 Å². The van der Waals surface area contributed by atoms with Crippen molar-refractivity contribution in [2.75, 3.05) is 38.3 Å². The van der Waals surface area contributed by atoms with Crippen LogP contribution >= 0.6 is 0 Å². The number of alkyl halides is 3. The number of nitrogens with one attached hydrogen (secondary N) is 3. The fourth-order valence-corrected chi connectivity index (χ4v) is 8.04. The zero-order valence-electron chi connectivity index (χ0n) is 35.0. The van der Waals surface area contributed by atoms with Crippen molar-refractivity contribution in [3.63, 3.8) is 0 Å². The lowest BCUT2D eigenvalue weighted by Crippen LogP contribution is -2.54. The molecule has 5 N–H and O–H groups in total. The second kappa shape index (κ2) is 20.4. The van der Waals surface area contributed by atoms with Gasteiger partial charge in [0.15, 0.2) is 11.4 Å². The molecule has 1 saturated carbocycles. The summed E-state index contributed by atoms with van der Waals surface area (Å²) in [5.41, 5.74) is 6.95. The van der Waals surface area contributed by atoms with Crippen LogP contribution < -0.4 is 21.7 Å². The van der Waals surface area contributed by atoms with Gasteiger partial charge in [0.05, 0.1) is 42.7 Å². The first-order valence-corrected chi connectivity index (χ1v) is 21.1. The number of oxazole rings is 1. The summed E-state index contributed by atoms with van der Waals surface area (Å²) in [4.78, 5) is 97.7. The van der Waals surface area contributed by atoms with Crippen molar-refractivity contribution in [1.82, 2.24) is 35.3 Å². The van der Waals surface area contributed by atoms with Crippen LogP contribution in [0.15, 0.2) is 53.4 Å². The molecule has 1 atom stereocenters. The molecule has 22 heteroatoms. The minimum absolute atomic E-state index is 0.0153. The van der Waals surface area contributed by atoms with Gasteiger partial charge in [-0.3, -0.25) is 53.4 Å². The van der Waals surface area contributed by atoms with Gasteiger partial charge in [-0.15, -0.1) is 0 Å². The van der Waals surface area contributed by atoms with E-state index in [1.54, 1.807) is 22.9 Å². The first-order valence-electron chi connectivity index (χ1n) is 21.1. The van der Waals surface area contributed by atoms with E-state index >= 15 is 0 Å². The van der Waals surface area contributed by atoms with E-state index in [0.29, 0.717) is 69.4 Å². The lowest BCUT2D eigenvalue weighted by molar-refractivity contribution is -0.136. The van der Waals surface area contributed by atoms with Crippen LogP contribution in [0.3, 0.4) is 0 Å². The topological polar surface area (TPSA) is 260 Å². The Bertz CT molecular complexity index is 2460. The molecule has 0 bridgehead atoms. The highest BCUT2D eigenvalue weighted by Crippen LogP contribution is 2.34. The number of hydrogen-bond donors (Lipinski definition) is 4. The average molecular weight is 906 g/mol. The Morgan fingerprint density at radius 2 is 1.72 bits per heavy atom. The number of anilines is 1. The summed E-state index contributed by atoms with van der Waals surface area (Å²) in [5, 5.41) is 12.0. The van der Waals surface area contributed by atoms with Crippen molar-refractivity contribution in [2.24, 2.45) is 11.7 Å². The first-order chi connectivity index (χ1) is 31.2. The Morgan fingerprint density at radius 1 is 0.954 bits per heavy atom. The summed E-state index contributed by atoms with van der Waals surface area (Å²) in [7, 11) is 0. The SMILES string of the molecule is NC(=O)c1nn(C2CCC(C(=O)NCCOCCOCCCc3cccc4c3C(=O)N(C3CCC(=O)NC3=O)C4=O)CC2)cc1NC(=O)c1coc(-c2ccnc(CCC(F)(F)F)c2)n1. The zero-order chi connectivity index (χ0) is 46.3. The standard InChI is InChI=1S/C43H46F3N9O10/c44-43(45,46)14-12-27-21-26(13-15-48-27)40-51-31(23-65-40)38(59)50-30-22-54(53-35(30)36(47)57)28-8-6-25(7-9-28)37(58)49-16-18-64-20-19-63-17-2-4-24-3-1-5-29-34(24)42(62)55(41(29)61)32-10-11-33(56)52-39(32)60/h1,3,5,13,15,21-23,25,28,32H,2,4,6-12,14,16-20H2,(H2,47,57)(H,49,58)(H,50,59)(H,52,56,60). The lowest BCUT2D eigenvalue weighted by atomic mass is 9.85. The highest BCUT2D eigenvalue weighted by molar-refractivity contribution is 6.24. The number of pyridine rings is 1. The monoisotopic (exact) mass is 905 g/mol. The number of piperidine rings is 1. The number of aromatic nitrogens is 4. The fraction of sp³-hybridized carbons (Fsp3) is 0.442. The third-order valence-corrected chi connectivity index (χ3v) is 11.3. The molecule has 3 aliphatic rings. The van der Waals surface area contributed by atoms with E-state index in [-0.39, 0.29) is 90.1 Å². The van der Waals surface area contributed by atoms with Gasteiger partial charge in [-0.2, -0.15) is 18.3 Å². The molecular formula is C43H46F3N9O10. The average Bonchev–Trinajstić information content (AvgIpc) is 4.01. The molecule has 1 aromatic carbocycles. The largest absolute Gasteiger partial charge is 0.444 e. The molecule has 2 fully saturated rings. The van der Waals surface area contributed by atoms with E-state index in [1.165, 1.54) is 24.5 Å². The Kier molecular flexibility index (Phi) is 14.5. The second-order valence-corrected chi connectivity index (χ2v) is 15.8. The number of halogens is 3. The first kappa shape index (κ1) is 46.2. The predicted octanol–water partition coefficient (Wildman–Crippen LogP) is 3.69. The van der Waals surface area contributed by atoms with Gasteiger partial charge in [0.2, 0.25) is 23.6 Å². The summed E-state index contributed by atoms with van der Waals surface area (Å²) in [5.74, 6) is -4.19. The van der Waals surface area contributed by atoms with Crippen LogP contribution in [0.1, 0.15) is 110 Å². The number of carbonyl (C=O) groups excluding carboxylic acids is 7. The number of hydrogen-bond acceptors (Lipinski definition) is 13. The molecular weight excluding hydrogens is 860 g/mol. The summed E-state index contributed by atoms with van der Waals surface area (Å²) < 4.78 is 56.3. The van der Waals surface area contributed by atoms with E-state index in [0.717, 1.165) is 11.2 Å². The molecule has 0 radical (unpaired) electrons. The van der Waals surface area contributed by atoms with Crippen molar-refractivity contribution >= 4 is 47.0 Å². The number of rotatable bonds is 19. The molecule has 65 heavy (non-hydrogen) atoms. The van der Waals surface area contributed by atoms with Crippen molar-refractivity contribution in [3.8, 4) is 11.5 Å². The summed E-state index contributed by atoms with van der Waals surface area (Å²) in [6.07, 6.45) is 1.50. The molecule has 0 spiro atoms. The molecule has 1 saturated heterocycles. The summed E-state index contributed by atoms with van der Waals surface area (Å²) in [6, 6.07) is 6.68. The van der Waals surface area contributed by atoms with Crippen LogP contribution in [-0.2, 0) is 36.7 Å². The number of benzene rings is 1. The lowest BCUT2D eigenvalue weighted by Gasteiger charge is -2.28. The quantitative estimate of drug-likeness (QED) is 0.0774. The Labute approximate surface area is 369 Å². The van der Waals surface area contributed by atoms with Crippen LogP contribution in [0.5, 0.6) is 0 Å². The third-order valence-electron chi connectivity index (χ3n) is 11.3. The maximum absolute atomic E-state index is 13.3. The minimum Gasteiger partial charge on any atom is -0.444 e. The summed E-state index contributed by atoms with van der Waals surface area (Å²) in [6.45, 7) is 1.52. The normalized spacial score (nSPS) is 18.7. The van der Waals surface area contributed by atoms with E-state index < -0.39 is 54.1 Å². The van der Waals surface area contributed by atoms with Crippen molar-refractivity contribution in [2.45, 2.75) is 82.5 Å². The van der Waals surface area contributed by atoms with Gasteiger partial charge in [0, 0.05) is 55.6 Å². The predicted molar refractivity (Wildman–Crippen MR) is 220 cm³/mol. The number of ether oxygens (including phenoxy) is 2. The number of nitrogens with two attached hydrogens (primary N) is 1. The van der Waals surface area contributed by atoms with Crippen LogP contribution in [0, 0.1) is 5.92 Å². The van der Waals surface area contributed by atoms with Gasteiger partial charge in [-0.25, -0.2) is 4.98 Å². The van der Waals surface area contributed by atoms with Crippen LogP contribution in [-0.4, -0.2) is 111 Å². The number of carbonyl (C=O) groups is 7. The number of fused-ring (bicyclic) bond motifs is 1. The molecule has 1 aliphatic carbocycles. The molecule has 19 nitrogen and oxygen atoms in total. The van der Waals surface area contributed by atoms with Gasteiger partial charge < -0.3 is 30.3 Å². The van der Waals surface area contributed by atoms with Gasteiger partial charge in [-0.1, -0.05) is 12.1 Å². The molecule has 7 amide bonds. The van der Waals surface area contributed by atoms with Crippen molar-refractivity contribution in [1.29, 1.82) is 0 Å². The van der Waals surface area contributed by atoms with E-state index in [9.17, 15) is 46.7 Å². The number of nitrogens with zero attached hydrogens (tertiary/aromatic N) is 5. The Morgan fingerprint density at radius 3 is 2.46 bits per heavy atom. The molecule has 3 aromatic heterocycles. The number of aryl methyl sites for hydroxylation is 2. The molecule has 1 unspecified atom stereocenters. The maximum atomic E-state index is 13.3. The van der Waals surface area contributed by atoms with E-state index in [4.69, 9.17) is 19.6 Å². The fourth-order valence-electron chi connectivity index (χ4n) is 8.04. The Hall–Kier alpha value is -6.81. The van der Waals surface area contributed by atoms with Crippen LogP contribution in [0.4, 0.5) is 18.9 Å². The number of primary amides is 1. The van der Waals surface area contributed by atoms with Crippen LogP contribution in [0.2, 0.25) is 0 Å². The van der Waals surface area contributed by atoms with Crippen molar-refractivity contribution < 1.29 is 60.6 Å². The highest BCUT2D eigenvalue weighted by atomic mass is 19.4. The van der Waals surface area contributed by atoms with Gasteiger partial charge >= 0.3 is 6.18 Å². The van der Waals surface area contributed by atoms with Crippen LogP contribution in [0.25, 0.3) is 11.5 Å². The molecule has 344 valence electrons. The molecule has 4 aromatic rings. The zero-order valence-corrected chi connectivity index (χ0v) is 35.0. The third kappa shape index (κ3) is 11.3. The summed E-state index contributed by atoms with van der Waals surface area (Å²) >= 11 is 0. The van der Waals surface area contributed by atoms with E-state index in [2.05, 4.69) is 31.0 Å². The van der Waals surface area contributed by atoms with Gasteiger partial charge in [0.1, 0.15) is 12.3 Å².